The zero-order valence-corrected chi connectivity index (χ0v) is 21.7. The molecule has 2 spiro atoms. The van der Waals surface area contributed by atoms with E-state index in [0.717, 1.165) is 61.4 Å². The standard InChI is InChI=1S/C30H36F2N2O4/c31-28(32)7-1-12-34(17-28)23(36)15-20-6-8-27(20)9-10-30(37)22-14-19-4-5-21(35)25-24(19)29(30,26(27)38-25)11-13-33(22)16-18-2-3-18/h4-5,15,18,22,26,35,37H,1-3,6-14,16-17H2/b20-15+/t22-,26+,27+,29+,30-/m1/s1. The van der Waals surface area contributed by atoms with Gasteiger partial charge in [-0.2, -0.15) is 0 Å². The van der Waals surface area contributed by atoms with Gasteiger partial charge in [0.05, 0.1) is 17.6 Å². The van der Waals surface area contributed by atoms with Gasteiger partial charge in [-0.05, 0) is 81.9 Å². The van der Waals surface area contributed by atoms with Crippen LogP contribution in [-0.4, -0.2) is 75.8 Å². The molecule has 3 saturated carbocycles. The lowest BCUT2D eigenvalue weighted by Gasteiger charge is -2.68. The SMILES string of the molecule is O=C(/C=C1\CC[C@]12CC[C@@]1(O)[C@H]3Cc4ccc(O)c5c4[C@@]1(CCN3CC1CC1)[C@H]2O5)N1CCCC(F)(F)C1. The van der Waals surface area contributed by atoms with Crippen LogP contribution in [-0.2, 0) is 16.6 Å². The van der Waals surface area contributed by atoms with E-state index < -0.39 is 28.9 Å². The monoisotopic (exact) mass is 526 g/mol. The zero-order valence-electron chi connectivity index (χ0n) is 21.7. The van der Waals surface area contributed by atoms with Crippen LogP contribution in [0.3, 0.4) is 0 Å². The van der Waals surface area contributed by atoms with E-state index in [1.807, 2.05) is 6.07 Å². The number of piperidine rings is 2. The number of halogens is 2. The van der Waals surface area contributed by atoms with Crippen molar-refractivity contribution in [3.8, 4) is 11.5 Å². The molecule has 1 amide bonds. The molecule has 4 aliphatic carbocycles. The average Bonchev–Trinajstić information content (AvgIpc) is 3.61. The Labute approximate surface area is 221 Å². The first-order valence-corrected chi connectivity index (χ1v) is 14.5. The van der Waals surface area contributed by atoms with Crippen molar-refractivity contribution < 1.29 is 28.5 Å². The van der Waals surface area contributed by atoms with Crippen LogP contribution >= 0.6 is 0 Å². The van der Waals surface area contributed by atoms with Crippen LogP contribution in [0.25, 0.3) is 0 Å². The van der Waals surface area contributed by atoms with Crippen molar-refractivity contribution in [2.45, 2.75) is 93.3 Å². The zero-order chi connectivity index (χ0) is 26.1. The van der Waals surface area contributed by atoms with Crippen molar-refractivity contribution in [1.82, 2.24) is 9.80 Å². The lowest BCUT2D eigenvalue weighted by molar-refractivity contribution is -0.218. The Morgan fingerprint density at radius 1 is 1.13 bits per heavy atom. The number of aliphatic hydroxyl groups is 1. The van der Waals surface area contributed by atoms with E-state index in [9.17, 15) is 23.8 Å². The molecule has 3 heterocycles. The van der Waals surface area contributed by atoms with E-state index in [1.54, 1.807) is 12.1 Å². The van der Waals surface area contributed by atoms with Crippen molar-refractivity contribution in [3.63, 3.8) is 0 Å². The van der Waals surface area contributed by atoms with Gasteiger partial charge in [-0.1, -0.05) is 11.6 Å². The van der Waals surface area contributed by atoms with E-state index in [4.69, 9.17) is 4.74 Å². The lowest BCUT2D eigenvalue weighted by Crippen LogP contribution is -2.78. The molecule has 2 bridgehead atoms. The molecule has 5 atom stereocenters. The summed E-state index contributed by atoms with van der Waals surface area (Å²) < 4.78 is 34.8. The summed E-state index contributed by atoms with van der Waals surface area (Å²) in [6, 6.07) is 3.74. The van der Waals surface area contributed by atoms with E-state index in [0.29, 0.717) is 31.6 Å². The van der Waals surface area contributed by atoms with Gasteiger partial charge in [-0.25, -0.2) is 8.78 Å². The van der Waals surface area contributed by atoms with Crippen molar-refractivity contribution in [3.05, 3.63) is 34.9 Å². The first-order chi connectivity index (χ1) is 18.2. The Balaban J connectivity index is 1.20. The van der Waals surface area contributed by atoms with Crippen LogP contribution in [0.1, 0.15) is 68.9 Å². The normalized spacial score (nSPS) is 41.6. The molecule has 8 rings (SSSR count). The third-order valence-corrected chi connectivity index (χ3v) is 11.4. The van der Waals surface area contributed by atoms with Gasteiger partial charge >= 0.3 is 0 Å². The van der Waals surface area contributed by atoms with E-state index >= 15 is 0 Å². The summed E-state index contributed by atoms with van der Waals surface area (Å²) >= 11 is 0. The number of alkyl halides is 2. The average molecular weight is 527 g/mol. The molecule has 1 aromatic rings. The predicted molar refractivity (Wildman–Crippen MR) is 135 cm³/mol. The lowest BCUT2D eigenvalue weighted by atomic mass is 9.40. The number of amides is 1. The maximum atomic E-state index is 14.1. The summed E-state index contributed by atoms with van der Waals surface area (Å²) in [4.78, 5) is 17.0. The van der Waals surface area contributed by atoms with Crippen LogP contribution in [0.4, 0.5) is 8.78 Å². The number of ether oxygens (including phenoxy) is 1. The van der Waals surface area contributed by atoms with Gasteiger partial charge in [0.2, 0.25) is 5.91 Å². The molecule has 6 nitrogen and oxygen atoms in total. The molecule has 5 fully saturated rings. The van der Waals surface area contributed by atoms with Crippen LogP contribution in [0.5, 0.6) is 11.5 Å². The first-order valence-electron chi connectivity index (χ1n) is 14.5. The van der Waals surface area contributed by atoms with Crippen LogP contribution < -0.4 is 4.74 Å². The second-order valence-electron chi connectivity index (χ2n) is 13.3. The van der Waals surface area contributed by atoms with Crippen molar-refractivity contribution >= 4 is 5.91 Å². The molecule has 2 saturated heterocycles. The molecule has 38 heavy (non-hydrogen) atoms. The Morgan fingerprint density at radius 3 is 2.71 bits per heavy atom. The number of hydrogen-bond acceptors (Lipinski definition) is 5. The minimum Gasteiger partial charge on any atom is -0.504 e. The highest BCUT2D eigenvalue weighted by Crippen LogP contribution is 2.72. The number of benzene rings is 1. The molecule has 1 aromatic carbocycles. The van der Waals surface area contributed by atoms with Crippen LogP contribution in [0.15, 0.2) is 23.8 Å². The van der Waals surface area contributed by atoms with Gasteiger partial charge in [-0.15, -0.1) is 0 Å². The molecule has 2 N–H and O–H groups in total. The Morgan fingerprint density at radius 2 is 1.97 bits per heavy atom. The third kappa shape index (κ3) is 2.91. The second-order valence-corrected chi connectivity index (χ2v) is 13.3. The van der Waals surface area contributed by atoms with Crippen molar-refractivity contribution in [2.24, 2.45) is 11.3 Å². The Bertz CT molecular complexity index is 1260. The van der Waals surface area contributed by atoms with Crippen LogP contribution in [0, 0.1) is 11.3 Å². The van der Waals surface area contributed by atoms with Gasteiger partial charge < -0.3 is 19.8 Å². The molecule has 204 valence electrons. The molecule has 3 aliphatic heterocycles. The largest absolute Gasteiger partial charge is 0.504 e. The summed E-state index contributed by atoms with van der Waals surface area (Å²) in [6.45, 7) is 1.75. The highest BCUT2D eigenvalue weighted by atomic mass is 19.3. The summed E-state index contributed by atoms with van der Waals surface area (Å²) in [5, 5.41) is 23.6. The van der Waals surface area contributed by atoms with E-state index in [2.05, 4.69) is 4.90 Å². The second kappa shape index (κ2) is 7.51. The number of fused-ring (bicyclic) bond motifs is 1. The maximum Gasteiger partial charge on any atom is 0.265 e. The minimum absolute atomic E-state index is 0.00742. The maximum absolute atomic E-state index is 14.1. The van der Waals surface area contributed by atoms with Gasteiger partial charge in [0.25, 0.3) is 5.92 Å². The highest BCUT2D eigenvalue weighted by molar-refractivity contribution is 5.89. The predicted octanol–water partition coefficient (Wildman–Crippen LogP) is 3.92. The fraction of sp³-hybridized carbons (Fsp3) is 0.700. The summed E-state index contributed by atoms with van der Waals surface area (Å²) in [6.07, 6.45) is 8.29. The first kappa shape index (κ1) is 23.7. The van der Waals surface area contributed by atoms with Crippen LogP contribution in [0.2, 0.25) is 0 Å². The van der Waals surface area contributed by atoms with Crippen molar-refractivity contribution in [2.75, 3.05) is 26.2 Å². The smallest absolute Gasteiger partial charge is 0.265 e. The number of likely N-dealkylation sites (tertiary alicyclic amines) is 2. The van der Waals surface area contributed by atoms with Gasteiger partial charge in [0.15, 0.2) is 11.5 Å². The highest BCUT2D eigenvalue weighted by Gasteiger charge is 2.77. The number of hydrogen-bond donors (Lipinski definition) is 2. The quantitative estimate of drug-likeness (QED) is 0.585. The third-order valence-electron chi connectivity index (χ3n) is 11.4. The fourth-order valence-corrected chi connectivity index (χ4v) is 9.39. The number of carbonyl (C=O) groups excluding carboxylic acids is 1. The summed E-state index contributed by atoms with van der Waals surface area (Å²) in [5.74, 6) is -1.82. The Kier molecular flexibility index (Phi) is 4.68. The molecule has 0 aromatic heterocycles. The molecule has 0 radical (unpaired) electrons. The number of phenolic OH excluding ortho intramolecular Hbond substituents is 1. The van der Waals surface area contributed by atoms with Gasteiger partial charge in [0.1, 0.15) is 6.10 Å². The number of phenols is 1. The van der Waals surface area contributed by atoms with Crippen molar-refractivity contribution in [1.29, 1.82) is 0 Å². The molecule has 7 aliphatic rings. The number of nitrogens with zero attached hydrogens (tertiary/aromatic N) is 2. The van der Waals surface area contributed by atoms with Gasteiger partial charge in [-0.3, -0.25) is 9.69 Å². The summed E-state index contributed by atoms with van der Waals surface area (Å²) in [5.41, 5.74) is 1.07. The molecular weight excluding hydrogens is 490 g/mol. The molecule has 8 heteroatoms. The topological polar surface area (TPSA) is 73.2 Å². The Hall–Kier alpha value is -2.19. The molecule has 0 unspecified atom stereocenters. The minimum atomic E-state index is -2.83. The molecular formula is C30H36F2N2O4. The van der Waals surface area contributed by atoms with E-state index in [1.165, 1.54) is 17.7 Å². The van der Waals surface area contributed by atoms with E-state index in [-0.39, 0.29) is 30.2 Å². The fourth-order valence-electron chi connectivity index (χ4n) is 9.39. The summed E-state index contributed by atoms with van der Waals surface area (Å²) in [7, 11) is 0. The number of aromatic hydroxyl groups is 1. The number of carbonyl (C=O) groups is 1. The number of rotatable bonds is 3. The van der Waals surface area contributed by atoms with Gasteiger partial charge in [0, 0.05) is 42.6 Å².